The molecule has 0 spiro atoms. The molecule has 1 amide bonds. The van der Waals surface area contributed by atoms with Crippen molar-refractivity contribution in [2.45, 2.75) is 39.7 Å². The number of carbonyl (C=O) groups is 1. The first-order chi connectivity index (χ1) is 10.8. The van der Waals surface area contributed by atoms with Crippen molar-refractivity contribution in [1.29, 1.82) is 0 Å². The van der Waals surface area contributed by atoms with Gasteiger partial charge in [-0.25, -0.2) is 4.98 Å². The molecule has 0 fully saturated rings. The lowest BCUT2D eigenvalue weighted by atomic mass is 10.1. The monoisotopic (exact) mass is 332 g/mol. The third-order valence-electron chi connectivity index (χ3n) is 3.54. The second kappa shape index (κ2) is 7.23. The Labute approximate surface area is 141 Å². The van der Waals surface area contributed by atoms with Crippen LogP contribution < -0.4 is 0 Å². The van der Waals surface area contributed by atoms with Crippen molar-refractivity contribution in [1.82, 2.24) is 9.88 Å². The van der Waals surface area contributed by atoms with Gasteiger partial charge in [0, 0.05) is 24.0 Å². The van der Waals surface area contributed by atoms with Crippen LogP contribution in [0.15, 0.2) is 29.6 Å². The van der Waals surface area contributed by atoms with Gasteiger partial charge >= 0.3 is 0 Å². The van der Waals surface area contributed by atoms with E-state index in [2.05, 4.69) is 4.98 Å². The number of nitrogens with zero attached hydrogens (tertiary/aromatic N) is 2. The zero-order valence-corrected chi connectivity index (χ0v) is 15.0. The van der Waals surface area contributed by atoms with Gasteiger partial charge in [-0.2, -0.15) is 0 Å². The summed E-state index contributed by atoms with van der Waals surface area (Å²) in [6, 6.07) is 7.95. The molecule has 2 aromatic rings. The summed E-state index contributed by atoms with van der Waals surface area (Å²) in [5.41, 5.74) is 2.13. The lowest BCUT2D eigenvalue weighted by Crippen LogP contribution is -2.42. The minimum absolute atomic E-state index is 0.0341. The summed E-state index contributed by atoms with van der Waals surface area (Å²) in [4.78, 5) is 18.5. The average Bonchev–Trinajstić information content (AvgIpc) is 2.91. The Morgan fingerprint density at radius 1 is 1.30 bits per heavy atom. The van der Waals surface area contributed by atoms with Crippen molar-refractivity contribution in [2.75, 3.05) is 13.1 Å². The largest absolute Gasteiger partial charge is 0.389 e. The van der Waals surface area contributed by atoms with Crippen LogP contribution in [0.3, 0.4) is 0 Å². The number of amides is 1. The molecule has 1 heterocycles. The topological polar surface area (TPSA) is 53.4 Å². The summed E-state index contributed by atoms with van der Waals surface area (Å²) in [5.74, 6) is 0.0341. The van der Waals surface area contributed by atoms with Crippen molar-refractivity contribution in [3.05, 3.63) is 40.2 Å². The molecule has 0 unspecified atom stereocenters. The fourth-order valence-electron chi connectivity index (χ4n) is 2.42. The standard InChI is InChI=1S/C18H24N2O2S/c1-5-20(12-18(3,4)22)17(21)10-14-6-8-15(9-7-14)16-11-23-13(2)19-16/h6-9,11,22H,5,10,12H2,1-4H3. The van der Waals surface area contributed by atoms with E-state index in [-0.39, 0.29) is 5.91 Å². The maximum absolute atomic E-state index is 12.4. The van der Waals surface area contributed by atoms with Gasteiger partial charge in [0.15, 0.2) is 0 Å². The van der Waals surface area contributed by atoms with E-state index in [4.69, 9.17) is 0 Å². The molecule has 0 radical (unpaired) electrons. The van der Waals surface area contributed by atoms with Crippen molar-refractivity contribution in [3.8, 4) is 11.3 Å². The van der Waals surface area contributed by atoms with E-state index in [1.807, 2.05) is 43.5 Å². The van der Waals surface area contributed by atoms with Crippen LogP contribution in [0.4, 0.5) is 0 Å². The molecular weight excluding hydrogens is 308 g/mol. The molecule has 5 heteroatoms. The van der Waals surface area contributed by atoms with Crippen LogP contribution in [0.2, 0.25) is 0 Å². The van der Waals surface area contributed by atoms with Crippen LogP contribution in [0.1, 0.15) is 31.3 Å². The Kier molecular flexibility index (Phi) is 5.55. The molecule has 0 atom stereocenters. The van der Waals surface area contributed by atoms with E-state index >= 15 is 0 Å². The van der Waals surface area contributed by atoms with Crippen LogP contribution in [0.25, 0.3) is 11.3 Å². The molecule has 1 N–H and O–H groups in total. The zero-order chi connectivity index (χ0) is 17.0. The smallest absolute Gasteiger partial charge is 0.227 e. The van der Waals surface area contributed by atoms with Gasteiger partial charge in [-0.3, -0.25) is 4.79 Å². The molecule has 2 rings (SSSR count). The van der Waals surface area contributed by atoms with Gasteiger partial charge in [0.25, 0.3) is 0 Å². The second-order valence-electron chi connectivity index (χ2n) is 6.35. The number of aromatic nitrogens is 1. The Balaban J connectivity index is 2.03. The Hall–Kier alpha value is -1.72. The first kappa shape index (κ1) is 17.6. The molecule has 0 aliphatic rings. The molecule has 23 heavy (non-hydrogen) atoms. The lowest BCUT2D eigenvalue weighted by Gasteiger charge is -2.28. The SMILES string of the molecule is CCN(CC(C)(C)O)C(=O)Cc1ccc(-c2csc(C)n2)cc1. The van der Waals surface area contributed by atoms with Gasteiger partial charge in [-0.05, 0) is 33.3 Å². The van der Waals surface area contributed by atoms with E-state index in [0.29, 0.717) is 19.5 Å². The minimum atomic E-state index is -0.877. The maximum Gasteiger partial charge on any atom is 0.227 e. The van der Waals surface area contributed by atoms with Gasteiger partial charge in [-0.1, -0.05) is 24.3 Å². The van der Waals surface area contributed by atoms with E-state index < -0.39 is 5.60 Å². The van der Waals surface area contributed by atoms with Gasteiger partial charge in [-0.15, -0.1) is 11.3 Å². The summed E-state index contributed by atoms with van der Waals surface area (Å²) < 4.78 is 0. The second-order valence-corrected chi connectivity index (χ2v) is 7.41. The number of thiazole rings is 1. The fraction of sp³-hybridized carbons (Fsp3) is 0.444. The third kappa shape index (κ3) is 5.15. The van der Waals surface area contributed by atoms with Crippen LogP contribution in [-0.4, -0.2) is 39.6 Å². The summed E-state index contributed by atoms with van der Waals surface area (Å²) in [6.07, 6.45) is 0.348. The van der Waals surface area contributed by atoms with Crippen molar-refractivity contribution >= 4 is 17.2 Å². The number of benzene rings is 1. The van der Waals surface area contributed by atoms with Crippen molar-refractivity contribution in [2.24, 2.45) is 0 Å². The molecule has 1 aromatic carbocycles. The number of hydrogen-bond donors (Lipinski definition) is 1. The molecule has 0 aliphatic carbocycles. The number of aliphatic hydroxyl groups is 1. The summed E-state index contributed by atoms with van der Waals surface area (Å²) in [6.45, 7) is 8.29. The molecule has 4 nitrogen and oxygen atoms in total. The number of carbonyl (C=O) groups excluding carboxylic acids is 1. The summed E-state index contributed by atoms with van der Waals surface area (Å²) in [7, 11) is 0. The molecule has 1 aromatic heterocycles. The van der Waals surface area contributed by atoms with E-state index in [1.165, 1.54) is 0 Å². The van der Waals surface area contributed by atoms with Gasteiger partial charge in [0.1, 0.15) is 0 Å². The van der Waals surface area contributed by atoms with Crippen LogP contribution in [0, 0.1) is 6.92 Å². The van der Waals surface area contributed by atoms with Crippen molar-refractivity contribution < 1.29 is 9.90 Å². The zero-order valence-electron chi connectivity index (χ0n) is 14.2. The first-order valence-corrected chi connectivity index (χ1v) is 8.68. The van der Waals surface area contributed by atoms with Gasteiger partial charge < -0.3 is 10.0 Å². The Bertz CT molecular complexity index is 656. The highest BCUT2D eigenvalue weighted by Gasteiger charge is 2.21. The van der Waals surface area contributed by atoms with Crippen LogP contribution in [0.5, 0.6) is 0 Å². The van der Waals surface area contributed by atoms with E-state index in [0.717, 1.165) is 21.8 Å². The maximum atomic E-state index is 12.4. The van der Waals surface area contributed by atoms with Crippen LogP contribution >= 0.6 is 11.3 Å². The highest BCUT2D eigenvalue weighted by Crippen LogP contribution is 2.22. The first-order valence-electron chi connectivity index (χ1n) is 7.80. The Morgan fingerprint density at radius 3 is 2.43 bits per heavy atom. The molecule has 0 bridgehead atoms. The number of rotatable bonds is 6. The van der Waals surface area contributed by atoms with Gasteiger partial charge in [0.05, 0.1) is 22.7 Å². The third-order valence-corrected chi connectivity index (χ3v) is 4.31. The predicted molar refractivity (Wildman–Crippen MR) is 94.5 cm³/mol. The summed E-state index contributed by atoms with van der Waals surface area (Å²) in [5, 5.41) is 13.0. The quantitative estimate of drug-likeness (QED) is 0.883. The molecule has 0 saturated carbocycles. The van der Waals surface area contributed by atoms with Crippen molar-refractivity contribution in [3.63, 3.8) is 0 Å². The fourth-order valence-corrected chi connectivity index (χ4v) is 3.04. The number of hydrogen-bond acceptors (Lipinski definition) is 4. The van der Waals surface area contributed by atoms with E-state index in [9.17, 15) is 9.90 Å². The lowest BCUT2D eigenvalue weighted by molar-refractivity contribution is -0.133. The number of aryl methyl sites for hydroxylation is 1. The number of likely N-dealkylation sites (N-methyl/N-ethyl adjacent to an activating group) is 1. The highest BCUT2D eigenvalue weighted by molar-refractivity contribution is 7.09. The summed E-state index contributed by atoms with van der Waals surface area (Å²) >= 11 is 1.63. The highest BCUT2D eigenvalue weighted by atomic mass is 32.1. The predicted octanol–water partition coefficient (Wildman–Crippen LogP) is 3.28. The Morgan fingerprint density at radius 2 is 1.96 bits per heavy atom. The van der Waals surface area contributed by atoms with Crippen LogP contribution in [-0.2, 0) is 11.2 Å². The van der Waals surface area contributed by atoms with E-state index in [1.54, 1.807) is 30.1 Å². The minimum Gasteiger partial charge on any atom is -0.389 e. The molecule has 0 saturated heterocycles. The molecule has 124 valence electrons. The average molecular weight is 332 g/mol. The normalized spacial score (nSPS) is 11.5. The molecule has 0 aliphatic heterocycles. The molecular formula is C18H24N2O2S. The van der Waals surface area contributed by atoms with Gasteiger partial charge in [0.2, 0.25) is 5.91 Å².